The Morgan fingerprint density at radius 2 is 1.94 bits per heavy atom. The zero-order valence-electron chi connectivity index (χ0n) is 10.4. The van der Waals surface area contributed by atoms with Crippen molar-refractivity contribution in [3.63, 3.8) is 0 Å². The molecule has 5 heteroatoms. The normalized spacial score (nSPS) is 13.6. The molecule has 1 unspecified atom stereocenters. The Hall–Kier alpha value is -0.910. The number of benzene rings is 1. The highest BCUT2D eigenvalue weighted by atomic mass is 32.2. The summed E-state index contributed by atoms with van der Waals surface area (Å²) in [6, 6.07) is 4.77. The minimum Gasteiger partial charge on any atom is -0.396 e. The van der Waals surface area contributed by atoms with Crippen LogP contribution in [0, 0.1) is 13.8 Å². The van der Waals surface area contributed by atoms with Crippen molar-refractivity contribution in [1.82, 2.24) is 4.72 Å². The number of hydrogen-bond acceptors (Lipinski definition) is 3. The van der Waals surface area contributed by atoms with Gasteiger partial charge in [-0.25, -0.2) is 13.1 Å². The van der Waals surface area contributed by atoms with Crippen LogP contribution in [-0.4, -0.2) is 26.2 Å². The second-order valence-electron chi connectivity index (χ2n) is 4.28. The summed E-state index contributed by atoms with van der Waals surface area (Å²) in [7, 11) is -3.48. The fraction of sp³-hybridized carbons (Fsp3) is 0.500. The van der Waals surface area contributed by atoms with Gasteiger partial charge in [0, 0.05) is 12.6 Å². The number of aliphatic hydroxyl groups excluding tert-OH is 1. The monoisotopic (exact) mass is 257 g/mol. The average molecular weight is 257 g/mol. The van der Waals surface area contributed by atoms with Crippen molar-refractivity contribution in [3.8, 4) is 0 Å². The van der Waals surface area contributed by atoms with Crippen molar-refractivity contribution < 1.29 is 13.5 Å². The molecular formula is C12H19NO3S. The highest BCUT2D eigenvalue weighted by Crippen LogP contribution is 2.15. The third-order valence-electron chi connectivity index (χ3n) is 2.71. The fourth-order valence-electron chi connectivity index (χ4n) is 1.47. The van der Waals surface area contributed by atoms with Crippen LogP contribution in [0.2, 0.25) is 0 Å². The Morgan fingerprint density at radius 1 is 1.29 bits per heavy atom. The van der Waals surface area contributed by atoms with Crippen LogP contribution in [0.3, 0.4) is 0 Å². The van der Waals surface area contributed by atoms with Crippen LogP contribution >= 0.6 is 0 Å². The van der Waals surface area contributed by atoms with Gasteiger partial charge < -0.3 is 5.11 Å². The molecule has 1 aromatic rings. The standard InChI is InChI=1S/C12H19NO3S/c1-9-4-5-12(8-10(9)2)17(15,16)13-11(3)6-7-14/h4-5,8,11,13-14H,6-7H2,1-3H3. The van der Waals surface area contributed by atoms with Crippen LogP contribution in [0.5, 0.6) is 0 Å². The first-order valence-electron chi connectivity index (χ1n) is 5.57. The van der Waals surface area contributed by atoms with E-state index in [1.165, 1.54) is 0 Å². The molecule has 0 radical (unpaired) electrons. The van der Waals surface area contributed by atoms with Gasteiger partial charge in [-0.2, -0.15) is 0 Å². The minimum atomic E-state index is -3.48. The minimum absolute atomic E-state index is 0.0311. The summed E-state index contributed by atoms with van der Waals surface area (Å²) in [6.07, 6.45) is 0.407. The third kappa shape index (κ3) is 3.80. The summed E-state index contributed by atoms with van der Waals surface area (Å²) >= 11 is 0. The molecule has 17 heavy (non-hydrogen) atoms. The molecule has 0 aliphatic rings. The molecule has 0 heterocycles. The number of aliphatic hydroxyl groups is 1. The van der Waals surface area contributed by atoms with E-state index in [9.17, 15) is 8.42 Å². The molecule has 1 rings (SSSR count). The van der Waals surface area contributed by atoms with Crippen LogP contribution in [0.15, 0.2) is 23.1 Å². The van der Waals surface area contributed by atoms with Crippen LogP contribution in [0.1, 0.15) is 24.5 Å². The van der Waals surface area contributed by atoms with Crippen LogP contribution in [-0.2, 0) is 10.0 Å². The van der Waals surface area contributed by atoms with E-state index in [-0.39, 0.29) is 17.5 Å². The fourth-order valence-corrected chi connectivity index (χ4v) is 2.83. The SMILES string of the molecule is Cc1ccc(S(=O)(=O)NC(C)CCO)cc1C. The smallest absolute Gasteiger partial charge is 0.240 e. The lowest BCUT2D eigenvalue weighted by Gasteiger charge is -2.13. The van der Waals surface area contributed by atoms with E-state index in [0.717, 1.165) is 11.1 Å². The van der Waals surface area contributed by atoms with E-state index in [1.54, 1.807) is 25.1 Å². The second-order valence-corrected chi connectivity index (χ2v) is 5.99. The maximum Gasteiger partial charge on any atom is 0.240 e. The zero-order valence-corrected chi connectivity index (χ0v) is 11.2. The van der Waals surface area contributed by atoms with Gasteiger partial charge in [-0.05, 0) is 50.5 Å². The Morgan fingerprint density at radius 3 is 2.47 bits per heavy atom. The summed E-state index contributed by atoms with van der Waals surface area (Å²) in [6.45, 7) is 5.52. The number of hydrogen-bond donors (Lipinski definition) is 2. The van der Waals surface area contributed by atoms with Gasteiger partial charge in [0.15, 0.2) is 0 Å². The molecule has 0 amide bonds. The number of aryl methyl sites for hydroxylation is 2. The topological polar surface area (TPSA) is 66.4 Å². The molecule has 0 aliphatic heterocycles. The summed E-state index contributed by atoms with van der Waals surface area (Å²) in [5, 5.41) is 8.75. The predicted molar refractivity (Wildman–Crippen MR) is 67.4 cm³/mol. The van der Waals surface area contributed by atoms with Gasteiger partial charge in [-0.15, -0.1) is 0 Å². The summed E-state index contributed by atoms with van der Waals surface area (Å²) in [4.78, 5) is 0.269. The van der Waals surface area contributed by atoms with Crippen molar-refractivity contribution >= 4 is 10.0 Å². The van der Waals surface area contributed by atoms with Crippen LogP contribution in [0.25, 0.3) is 0 Å². The van der Waals surface area contributed by atoms with Crippen LogP contribution < -0.4 is 4.72 Å². The molecule has 1 aromatic carbocycles. The summed E-state index contributed by atoms with van der Waals surface area (Å²) < 4.78 is 26.5. The lowest BCUT2D eigenvalue weighted by Crippen LogP contribution is -2.33. The van der Waals surface area contributed by atoms with E-state index in [2.05, 4.69) is 4.72 Å². The van der Waals surface area contributed by atoms with Gasteiger partial charge in [0.2, 0.25) is 10.0 Å². The average Bonchev–Trinajstić information content (AvgIpc) is 2.21. The molecule has 0 bridgehead atoms. The molecule has 1 atom stereocenters. The Labute approximate surface area is 103 Å². The highest BCUT2D eigenvalue weighted by molar-refractivity contribution is 7.89. The molecular weight excluding hydrogens is 238 g/mol. The lowest BCUT2D eigenvalue weighted by atomic mass is 10.1. The van der Waals surface area contributed by atoms with E-state index in [0.29, 0.717) is 6.42 Å². The Bertz CT molecular complexity index is 483. The maximum atomic E-state index is 12.0. The number of nitrogens with one attached hydrogen (secondary N) is 1. The van der Waals surface area contributed by atoms with Gasteiger partial charge in [-0.1, -0.05) is 6.07 Å². The maximum absolute atomic E-state index is 12.0. The zero-order chi connectivity index (χ0) is 13.1. The van der Waals surface area contributed by atoms with Gasteiger partial charge in [0.25, 0.3) is 0 Å². The molecule has 0 aliphatic carbocycles. The molecule has 2 N–H and O–H groups in total. The first-order chi connectivity index (χ1) is 7.86. The van der Waals surface area contributed by atoms with E-state index >= 15 is 0 Å². The highest BCUT2D eigenvalue weighted by Gasteiger charge is 2.17. The van der Waals surface area contributed by atoms with Crippen molar-refractivity contribution in [1.29, 1.82) is 0 Å². The van der Waals surface area contributed by atoms with Crippen molar-refractivity contribution in [2.24, 2.45) is 0 Å². The molecule has 0 aromatic heterocycles. The van der Waals surface area contributed by atoms with Crippen LogP contribution in [0.4, 0.5) is 0 Å². The summed E-state index contributed by atoms with van der Waals surface area (Å²) in [5.74, 6) is 0. The largest absolute Gasteiger partial charge is 0.396 e. The lowest BCUT2D eigenvalue weighted by molar-refractivity contribution is 0.275. The third-order valence-corrected chi connectivity index (χ3v) is 4.29. The second kappa shape index (κ2) is 5.62. The molecule has 4 nitrogen and oxygen atoms in total. The molecule has 0 saturated heterocycles. The number of rotatable bonds is 5. The molecule has 0 fully saturated rings. The first-order valence-corrected chi connectivity index (χ1v) is 7.05. The van der Waals surface area contributed by atoms with Gasteiger partial charge in [-0.3, -0.25) is 0 Å². The van der Waals surface area contributed by atoms with Gasteiger partial charge in [0.1, 0.15) is 0 Å². The van der Waals surface area contributed by atoms with Gasteiger partial charge in [0.05, 0.1) is 4.90 Å². The predicted octanol–water partition coefficient (Wildman–Crippen LogP) is 1.35. The quantitative estimate of drug-likeness (QED) is 0.837. The molecule has 96 valence electrons. The number of sulfonamides is 1. The van der Waals surface area contributed by atoms with E-state index < -0.39 is 10.0 Å². The Kier molecular flexibility index (Phi) is 4.68. The Balaban J connectivity index is 2.93. The van der Waals surface area contributed by atoms with Crippen molar-refractivity contribution in [2.45, 2.75) is 38.1 Å². The van der Waals surface area contributed by atoms with E-state index in [1.807, 2.05) is 13.8 Å². The van der Waals surface area contributed by atoms with Gasteiger partial charge >= 0.3 is 0 Å². The van der Waals surface area contributed by atoms with Crippen molar-refractivity contribution in [2.75, 3.05) is 6.61 Å². The summed E-state index contributed by atoms with van der Waals surface area (Å²) in [5.41, 5.74) is 2.01. The van der Waals surface area contributed by atoms with Crippen molar-refractivity contribution in [3.05, 3.63) is 29.3 Å². The molecule has 0 spiro atoms. The molecule has 0 saturated carbocycles. The first kappa shape index (κ1) is 14.2. The van der Waals surface area contributed by atoms with E-state index in [4.69, 9.17) is 5.11 Å².